The first-order valence-corrected chi connectivity index (χ1v) is 13.7. The molecule has 0 saturated carbocycles. The van der Waals surface area contributed by atoms with E-state index in [9.17, 15) is 4.79 Å². The molecule has 1 atom stereocenters. The lowest BCUT2D eigenvalue weighted by atomic mass is 9.92. The highest BCUT2D eigenvalue weighted by atomic mass is 16.1. The number of H-pyrrole nitrogens is 2. The molecule has 0 spiro atoms. The number of hydrogen-bond acceptors (Lipinski definition) is 6. The van der Waals surface area contributed by atoms with Gasteiger partial charge in [0.25, 0.3) is 5.56 Å². The van der Waals surface area contributed by atoms with Gasteiger partial charge in [-0.2, -0.15) is 10.3 Å². The summed E-state index contributed by atoms with van der Waals surface area (Å²) in [5.74, 6) is 1.40. The first kappa shape index (κ1) is 26.3. The number of aromatic amines is 2. The lowest BCUT2D eigenvalue weighted by Crippen LogP contribution is -2.18. The minimum Gasteiger partial charge on any atom is -0.319 e. The van der Waals surface area contributed by atoms with Crippen LogP contribution in [-0.2, 0) is 13.0 Å². The van der Waals surface area contributed by atoms with Crippen LogP contribution in [0, 0.1) is 5.41 Å². The molecule has 2 N–H and O–H groups in total. The minimum atomic E-state index is -0.234. The lowest BCUT2D eigenvalue weighted by Gasteiger charge is -2.19. The lowest BCUT2D eigenvalue weighted by molar-refractivity contribution is 0.394. The number of nitrogens with zero attached hydrogens (tertiary/aromatic N) is 6. The Morgan fingerprint density at radius 1 is 0.878 bits per heavy atom. The molecule has 3 heterocycles. The second kappa shape index (κ2) is 10.6. The number of tetrazole rings is 1. The van der Waals surface area contributed by atoms with Crippen molar-refractivity contribution in [3.05, 3.63) is 112 Å². The smallest absolute Gasteiger partial charge is 0.290 e. The first-order chi connectivity index (χ1) is 19.8. The van der Waals surface area contributed by atoms with E-state index >= 15 is 0 Å². The van der Waals surface area contributed by atoms with Gasteiger partial charge in [0, 0.05) is 24.4 Å². The predicted molar refractivity (Wildman–Crippen MR) is 159 cm³/mol. The van der Waals surface area contributed by atoms with Crippen LogP contribution in [0.5, 0.6) is 0 Å². The highest BCUT2D eigenvalue weighted by molar-refractivity contribution is 5.81. The molecule has 0 radical (unpaired) electrons. The number of aromatic nitrogens is 8. The van der Waals surface area contributed by atoms with Crippen LogP contribution in [0.4, 0.5) is 0 Å². The van der Waals surface area contributed by atoms with Gasteiger partial charge in [-0.15, -0.1) is 10.2 Å². The van der Waals surface area contributed by atoms with Crippen LogP contribution in [-0.4, -0.2) is 40.4 Å². The van der Waals surface area contributed by atoms with E-state index in [0.717, 1.165) is 45.8 Å². The zero-order valence-electron chi connectivity index (χ0n) is 23.6. The van der Waals surface area contributed by atoms with Crippen molar-refractivity contribution >= 4 is 11.0 Å². The number of benzene rings is 3. The highest BCUT2D eigenvalue weighted by Crippen LogP contribution is 2.32. The van der Waals surface area contributed by atoms with Crippen molar-refractivity contribution in [2.45, 2.75) is 46.6 Å². The summed E-state index contributed by atoms with van der Waals surface area (Å²) in [7, 11) is 0. The summed E-state index contributed by atoms with van der Waals surface area (Å²) in [5.41, 5.74) is 6.89. The molecule has 0 saturated heterocycles. The highest BCUT2D eigenvalue weighted by Gasteiger charge is 2.25. The van der Waals surface area contributed by atoms with Gasteiger partial charge in [0.1, 0.15) is 16.9 Å². The van der Waals surface area contributed by atoms with E-state index in [-0.39, 0.29) is 16.9 Å². The largest absolute Gasteiger partial charge is 0.319 e. The molecule has 9 nitrogen and oxygen atoms in total. The Morgan fingerprint density at radius 3 is 2.27 bits per heavy atom. The molecule has 0 aliphatic heterocycles. The molecule has 9 heteroatoms. The van der Waals surface area contributed by atoms with Crippen LogP contribution in [0.25, 0.3) is 33.5 Å². The number of hydrogen-bond donors (Lipinski definition) is 2. The van der Waals surface area contributed by atoms with Crippen molar-refractivity contribution in [3.63, 3.8) is 0 Å². The summed E-state index contributed by atoms with van der Waals surface area (Å²) < 4.78 is 2.06. The zero-order chi connectivity index (χ0) is 28.6. The quantitative estimate of drug-likeness (QED) is 0.264. The topological polar surface area (TPSA) is 118 Å². The van der Waals surface area contributed by atoms with Gasteiger partial charge in [-0.05, 0) is 32.9 Å². The normalized spacial score (nSPS) is 12.6. The molecule has 0 amide bonds. The summed E-state index contributed by atoms with van der Waals surface area (Å²) in [6, 6.07) is 26.5. The zero-order valence-corrected chi connectivity index (χ0v) is 23.6. The Kier molecular flexibility index (Phi) is 6.78. The van der Waals surface area contributed by atoms with Gasteiger partial charge in [0.05, 0.1) is 5.69 Å². The summed E-state index contributed by atoms with van der Waals surface area (Å²) in [4.78, 5) is 18.3. The molecule has 0 aliphatic carbocycles. The molecule has 3 aromatic heterocycles. The summed E-state index contributed by atoms with van der Waals surface area (Å²) in [5, 5.41) is 21.8. The Hall–Kier alpha value is -4.92. The van der Waals surface area contributed by atoms with Crippen molar-refractivity contribution in [1.82, 2.24) is 40.4 Å². The van der Waals surface area contributed by atoms with Gasteiger partial charge >= 0.3 is 0 Å². The van der Waals surface area contributed by atoms with Crippen LogP contribution in [0.3, 0.4) is 0 Å². The average molecular weight is 545 g/mol. The maximum Gasteiger partial charge on any atom is 0.290 e. The third-order valence-electron chi connectivity index (χ3n) is 7.30. The monoisotopic (exact) mass is 544 g/mol. The Bertz CT molecular complexity index is 1850. The third-order valence-corrected chi connectivity index (χ3v) is 7.30. The van der Waals surface area contributed by atoms with Crippen LogP contribution in [0.1, 0.15) is 56.3 Å². The first-order valence-electron chi connectivity index (χ1n) is 13.7. The van der Waals surface area contributed by atoms with Gasteiger partial charge in [0.15, 0.2) is 0 Å². The van der Waals surface area contributed by atoms with Crippen LogP contribution < -0.4 is 5.56 Å². The van der Waals surface area contributed by atoms with E-state index < -0.39 is 0 Å². The molecule has 41 heavy (non-hydrogen) atoms. The molecule has 1 unspecified atom stereocenters. The average Bonchev–Trinajstić information content (AvgIpc) is 3.62. The molecular formula is C32H32N8O. The summed E-state index contributed by atoms with van der Waals surface area (Å²) >= 11 is 0. The van der Waals surface area contributed by atoms with Gasteiger partial charge < -0.3 is 4.57 Å². The Balaban J connectivity index is 1.41. The molecular weight excluding hydrogens is 512 g/mol. The van der Waals surface area contributed by atoms with Gasteiger partial charge in [-0.25, -0.2) is 10.1 Å². The SMILES string of the molecule is CC(c1ccccc1)c1n[nH]c(=O)c2c1nc(CC(C)(C)C)n2Cc1ccc(-c2ccccc2-c2nn[nH]n2)cc1. The molecule has 3 aromatic carbocycles. The van der Waals surface area contributed by atoms with Crippen molar-refractivity contribution in [2.24, 2.45) is 5.41 Å². The van der Waals surface area contributed by atoms with E-state index in [0.29, 0.717) is 23.4 Å². The molecule has 0 fully saturated rings. The fourth-order valence-corrected chi connectivity index (χ4v) is 5.28. The van der Waals surface area contributed by atoms with Crippen molar-refractivity contribution in [1.29, 1.82) is 0 Å². The summed E-state index contributed by atoms with van der Waals surface area (Å²) in [6.45, 7) is 9.16. The standard InChI is InChI=1S/C32H32N8O/c1-20(22-10-6-5-7-11-22)27-28-29(31(41)37-34-27)40(26(33-28)18-32(2,3)4)19-21-14-16-23(17-15-21)24-12-8-9-13-25(24)30-35-38-39-36-30/h5-17,20H,18-19H2,1-4H3,(H,37,41)(H,35,36,38,39). The van der Waals surface area contributed by atoms with Crippen LogP contribution >= 0.6 is 0 Å². The maximum atomic E-state index is 13.3. The molecule has 0 bridgehead atoms. The fraction of sp³-hybridized carbons (Fsp3) is 0.250. The number of nitrogens with one attached hydrogen (secondary N) is 2. The second-order valence-electron chi connectivity index (χ2n) is 11.6. The minimum absolute atomic E-state index is 0.0206. The fourth-order valence-electron chi connectivity index (χ4n) is 5.28. The van der Waals surface area contributed by atoms with E-state index in [1.54, 1.807) is 0 Å². The number of fused-ring (bicyclic) bond motifs is 1. The summed E-state index contributed by atoms with van der Waals surface area (Å²) in [6.07, 6.45) is 0.719. The van der Waals surface area contributed by atoms with Gasteiger partial charge in [-0.1, -0.05) is 107 Å². The molecule has 6 aromatic rings. The van der Waals surface area contributed by atoms with E-state index in [4.69, 9.17) is 4.98 Å². The van der Waals surface area contributed by atoms with Crippen molar-refractivity contribution in [3.8, 4) is 22.5 Å². The van der Waals surface area contributed by atoms with Gasteiger partial charge in [-0.3, -0.25) is 4.79 Å². The van der Waals surface area contributed by atoms with Crippen LogP contribution in [0.2, 0.25) is 0 Å². The molecule has 206 valence electrons. The maximum absolute atomic E-state index is 13.3. The Morgan fingerprint density at radius 2 is 1.59 bits per heavy atom. The van der Waals surface area contributed by atoms with Crippen molar-refractivity contribution in [2.75, 3.05) is 0 Å². The van der Waals surface area contributed by atoms with Crippen molar-refractivity contribution < 1.29 is 0 Å². The second-order valence-corrected chi connectivity index (χ2v) is 11.6. The molecule has 0 aliphatic rings. The number of imidazole rings is 1. The van der Waals surface area contributed by atoms with Crippen LogP contribution in [0.15, 0.2) is 83.7 Å². The third kappa shape index (κ3) is 5.30. The van der Waals surface area contributed by atoms with Gasteiger partial charge in [0.2, 0.25) is 5.82 Å². The van der Waals surface area contributed by atoms with E-state index in [1.807, 2.05) is 42.5 Å². The Labute approximate surface area is 237 Å². The predicted octanol–water partition coefficient (Wildman–Crippen LogP) is 5.76. The van der Waals surface area contributed by atoms with E-state index in [2.05, 4.69) is 99.5 Å². The van der Waals surface area contributed by atoms with E-state index in [1.165, 1.54) is 0 Å². The molecule has 6 rings (SSSR count). The number of rotatable bonds is 7.